The number of nitrogens with one attached hydrogen (secondary N) is 1. The number of benzene rings is 1. The standard InChI is InChI=1S/C16H24BrNOS/c1-19-14-6-7-15(17)13(10-14)11-18-12-16(20-2)8-4-3-5-9-16/h6-7,10,18H,3-5,8-9,11-12H2,1-2H3. The third kappa shape index (κ3) is 4.15. The monoisotopic (exact) mass is 357 g/mol. The van der Waals surface area contributed by atoms with Gasteiger partial charge in [0.2, 0.25) is 0 Å². The van der Waals surface area contributed by atoms with Gasteiger partial charge in [-0.2, -0.15) is 11.8 Å². The molecular formula is C16H24BrNOS. The zero-order valence-electron chi connectivity index (χ0n) is 12.4. The SMILES string of the molecule is COc1ccc(Br)c(CNCC2(SC)CCCCC2)c1. The average molecular weight is 358 g/mol. The molecule has 0 unspecified atom stereocenters. The summed E-state index contributed by atoms with van der Waals surface area (Å²) >= 11 is 5.66. The van der Waals surface area contributed by atoms with Gasteiger partial charge in [0.15, 0.2) is 0 Å². The summed E-state index contributed by atoms with van der Waals surface area (Å²) in [6, 6.07) is 6.14. The zero-order chi connectivity index (χ0) is 14.4. The predicted octanol–water partition coefficient (Wildman–Crippen LogP) is 4.61. The van der Waals surface area contributed by atoms with Crippen molar-refractivity contribution in [3.8, 4) is 5.75 Å². The lowest BCUT2D eigenvalue weighted by molar-refractivity contribution is 0.379. The maximum atomic E-state index is 5.29. The number of hydrogen-bond acceptors (Lipinski definition) is 3. The Labute approximate surface area is 135 Å². The van der Waals surface area contributed by atoms with E-state index in [1.54, 1.807) is 7.11 Å². The highest BCUT2D eigenvalue weighted by Gasteiger charge is 2.30. The molecule has 1 aliphatic carbocycles. The van der Waals surface area contributed by atoms with Crippen LogP contribution in [-0.2, 0) is 6.54 Å². The average Bonchev–Trinajstić information content (AvgIpc) is 2.50. The fraction of sp³-hybridized carbons (Fsp3) is 0.625. The Kier molecular flexibility index (Phi) is 6.24. The van der Waals surface area contributed by atoms with Crippen molar-refractivity contribution in [3.63, 3.8) is 0 Å². The van der Waals surface area contributed by atoms with E-state index in [4.69, 9.17) is 4.74 Å². The fourth-order valence-corrected chi connectivity index (χ4v) is 4.22. The summed E-state index contributed by atoms with van der Waals surface area (Å²) in [4.78, 5) is 0. The van der Waals surface area contributed by atoms with E-state index in [1.165, 1.54) is 37.7 Å². The van der Waals surface area contributed by atoms with Gasteiger partial charge in [0, 0.05) is 22.3 Å². The Hall–Kier alpha value is -0.190. The molecule has 0 aliphatic heterocycles. The minimum Gasteiger partial charge on any atom is -0.497 e. The van der Waals surface area contributed by atoms with Gasteiger partial charge in [-0.25, -0.2) is 0 Å². The van der Waals surface area contributed by atoms with Crippen LogP contribution in [0.4, 0.5) is 0 Å². The van der Waals surface area contributed by atoms with Crippen molar-refractivity contribution in [2.75, 3.05) is 19.9 Å². The highest BCUT2D eigenvalue weighted by molar-refractivity contribution is 9.10. The normalized spacial score (nSPS) is 17.9. The Morgan fingerprint density at radius 1 is 1.30 bits per heavy atom. The van der Waals surface area contributed by atoms with Gasteiger partial charge in [-0.1, -0.05) is 35.2 Å². The molecule has 0 spiro atoms. The molecule has 1 aliphatic rings. The summed E-state index contributed by atoms with van der Waals surface area (Å²) in [5.74, 6) is 0.919. The Morgan fingerprint density at radius 3 is 2.70 bits per heavy atom. The molecule has 0 heterocycles. The maximum Gasteiger partial charge on any atom is 0.119 e. The van der Waals surface area contributed by atoms with Crippen LogP contribution in [0.3, 0.4) is 0 Å². The molecule has 1 aromatic rings. The molecule has 1 fully saturated rings. The molecule has 4 heteroatoms. The number of rotatable bonds is 6. The van der Waals surface area contributed by atoms with Crippen LogP contribution in [0, 0.1) is 0 Å². The summed E-state index contributed by atoms with van der Waals surface area (Å²) in [6.07, 6.45) is 9.12. The second kappa shape index (κ2) is 7.71. The second-order valence-electron chi connectivity index (χ2n) is 5.51. The van der Waals surface area contributed by atoms with Crippen LogP contribution in [0.1, 0.15) is 37.7 Å². The molecule has 1 N–H and O–H groups in total. The highest BCUT2D eigenvalue weighted by atomic mass is 79.9. The first-order valence-electron chi connectivity index (χ1n) is 7.27. The quantitative estimate of drug-likeness (QED) is 0.802. The van der Waals surface area contributed by atoms with Gasteiger partial charge in [-0.15, -0.1) is 0 Å². The van der Waals surface area contributed by atoms with Gasteiger partial charge in [-0.05, 0) is 42.9 Å². The number of thioether (sulfide) groups is 1. The third-order valence-corrected chi connectivity index (χ3v) is 6.41. The lowest BCUT2D eigenvalue weighted by atomic mass is 9.88. The lowest BCUT2D eigenvalue weighted by Gasteiger charge is -2.36. The highest BCUT2D eigenvalue weighted by Crippen LogP contribution is 2.38. The van der Waals surface area contributed by atoms with Crippen LogP contribution in [0.2, 0.25) is 0 Å². The summed E-state index contributed by atoms with van der Waals surface area (Å²) in [7, 11) is 1.71. The van der Waals surface area contributed by atoms with E-state index in [0.29, 0.717) is 4.75 Å². The molecule has 1 saturated carbocycles. The summed E-state index contributed by atoms with van der Waals surface area (Å²) < 4.78 is 6.89. The Balaban J connectivity index is 1.91. The molecule has 0 bridgehead atoms. The van der Waals surface area contributed by atoms with Crippen molar-refractivity contribution in [2.24, 2.45) is 0 Å². The minimum atomic E-state index is 0.448. The van der Waals surface area contributed by atoms with Crippen molar-refractivity contribution in [1.29, 1.82) is 0 Å². The molecule has 2 nitrogen and oxygen atoms in total. The number of ether oxygens (including phenoxy) is 1. The van der Waals surface area contributed by atoms with Gasteiger partial charge in [0.25, 0.3) is 0 Å². The molecule has 0 amide bonds. The van der Waals surface area contributed by atoms with E-state index in [2.05, 4.69) is 39.6 Å². The van der Waals surface area contributed by atoms with Gasteiger partial charge >= 0.3 is 0 Å². The first-order valence-corrected chi connectivity index (χ1v) is 9.29. The molecule has 0 saturated heterocycles. The van der Waals surface area contributed by atoms with Crippen molar-refractivity contribution < 1.29 is 4.74 Å². The maximum absolute atomic E-state index is 5.29. The molecule has 1 aromatic carbocycles. The number of halogens is 1. The number of hydrogen-bond donors (Lipinski definition) is 1. The molecule has 0 atom stereocenters. The summed E-state index contributed by atoms with van der Waals surface area (Å²) in [5.41, 5.74) is 1.26. The van der Waals surface area contributed by atoms with Crippen LogP contribution >= 0.6 is 27.7 Å². The second-order valence-corrected chi connectivity index (χ2v) is 7.64. The van der Waals surface area contributed by atoms with E-state index in [-0.39, 0.29) is 0 Å². The largest absolute Gasteiger partial charge is 0.497 e. The van der Waals surface area contributed by atoms with E-state index < -0.39 is 0 Å². The molecule has 0 aromatic heterocycles. The molecule has 2 rings (SSSR count). The van der Waals surface area contributed by atoms with Crippen LogP contribution in [-0.4, -0.2) is 24.7 Å². The van der Waals surface area contributed by atoms with E-state index in [0.717, 1.165) is 23.3 Å². The summed E-state index contributed by atoms with van der Waals surface area (Å²) in [6.45, 7) is 1.98. The van der Waals surface area contributed by atoms with Gasteiger partial charge in [0.1, 0.15) is 5.75 Å². The van der Waals surface area contributed by atoms with Crippen molar-refractivity contribution >= 4 is 27.7 Å². The number of methoxy groups -OCH3 is 1. The Bertz CT molecular complexity index is 432. The predicted molar refractivity (Wildman–Crippen MR) is 91.7 cm³/mol. The van der Waals surface area contributed by atoms with E-state index >= 15 is 0 Å². The van der Waals surface area contributed by atoms with E-state index in [9.17, 15) is 0 Å². The topological polar surface area (TPSA) is 21.3 Å². The summed E-state index contributed by atoms with van der Waals surface area (Å²) in [5, 5.41) is 3.65. The molecule has 0 radical (unpaired) electrons. The van der Waals surface area contributed by atoms with Gasteiger partial charge < -0.3 is 10.1 Å². The van der Waals surface area contributed by atoms with Crippen LogP contribution in [0.15, 0.2) is 22.7 Å². The third-order valence-electron chi connectivity index (χ3n) is 4.21. The first kappa shape index (κ1) is 16.2. The first-order chi connectivity index (χ1) is 9.69. The Morgan fingerprint density at radius 2 is 2.05 bits per heavy atom. The molecular weight excluding hydrogens is 334 g/mol. The van der Waals surface area contributed by atoms with Crippen molar-refractivity contribution in [2.45, 2.75) is 43.4 Å². The molecule has 112 valence electrons. The van der Waals surface area contributed by atoms with Crippen LogP contribution < -0.4 is 10.1 Å². The van der Waals surface area contributed by atoms with Crippen molar-refractivity contribution in [1.82, 2.24) is 5.32 Å². The minimum absolute atomic E-state index is 0.448. The molecule has 20 heavy (non-hydrogen) atoms. The van der Waals surface area contributed by atoms with E-state index in [1.807, 2.05) is 17.8 Å². The van der Waals surface area contributed by atoms with Crippen LogP contribution in [0.5, 0.6) is 5.75 Å². The zero-order valence-corrected chi connectivity index (χ0v) is 14.8. The van der Waals surface area contributed by atoms with Gasteiger partial charge in [0.05, 0.1) is 7.11 Å². The van der Waals surface area contributed by atoms with Crippen LogP contribution in [0.25, 0.3) is 0 Å². The smallest absolute Gasteiger partial charge is 0.119 e. The fourth-order valence-electron chi connectivity index (χ4n) is 2.89. The lowest BCUT2D eigenvalue weighted by Crippen LogP contribution is -2.39. The van der Waals surface area contributed by atoms with Gasteiger partial charge in [-0.3, -0.25) is 0 Å². The van der Waals surface area contributed by atoms with Crippen molar-refractivity contribution in [3.05, 3.63) is 28.2 Å².